The Labute approximate surface area is 54.0 Å². The Morgan fingerprint density at radius 2 is 2.44 bits per heavy atom. The van der Waals surface area contributed by atoms with E-state index in [0.717, 1.165) is 10.4 Å². The molecule has 2 nitrogen and oxygen atoms in total. The molecule has 1 aromatic rings. The number of rotatable bonds is 1. The molecule has 0 amide bonds. The van der Waals surface area contributed by atoms with Crippen LogP contribution < -0.4 is 0 Å². The van der Waals surface area contributed by atoms with E-state index in [1.165, 1.54) is 0 Å². The van der Waals surface area contributed by atoms with Gasteiger partial charge in [0.05, 0.1) is 5.69 Å². The lowest BCUT2D eigenvalue weighted by molar-refractivity contribution is 0.185. The molecule has 0 saturated heterocycles. The average molecular weight is 123 g/mol. The van der Waals surface area contributed by atoms with E-state index in [0.29, 0.717) is 0 Å². The van der Waals surface area contributed by atoms with Gasteiger partial charge in [0.2, 0.25) is 0 Å². The maximum atomic E-state index is 8.95. The summed E-state index contributed by atoms with van der Waals surface area (Å²) in [7, 11) is 0. The minimum absolute atomic E-state index is 0.803. The van der Waals surface area contributed by atoms with E-state index in [1.54, 1.807) is 12.3 Å². The van der Waals surface area contributed by atoms with Gasteiger partial charge in [-0.25, -0.2) is 0 Å². The van der Waals surface area contributed by atoms with E-state index in [9.17, 15) is 0 Å². The van der Waals surface area contributed by atoms with Crippen LogP contribution in [0.2, 0.25) is 0 Å². The van der Waals surface area contributed by atoms with Gasteiger partial charge in [0.1, 0.15) is 0 Å². The number of hydrogen-bond donors (Lipinski definition) is 1. The maximum absolute atomic E-state index is 8.95. The lowest BCUT2D eigenvalue weighted by Gasteiger charge is -1.91. The summed E-state index contributed by atoms with van der Waals surface area (Å²) in [6.45, 7) is 1.91. The van der Waals surface area contributed by atoms with E-state index >= 15 is 0 Å². The van der Waals surface area contributed by atoms with Gasteiger partial charge in [-0.05, 0) is 25.1 Å². The summed E-state index contributed by atoms with van der Waals surface area (Å²) in [6.07, 6.45) is 5.30. The molecule has 2 heteroatoms. The van der Waals surface area contributed by atoms with Crippen LogP contribution in [0.3, 0.4) is 0 Å². The first-order valence-electron chi connectivity index (χ1n) is 2.84. The van der Waals surface area contributed by atoms with Gasteiger partial charge in [-0.3, -0.25) is 0 Å². The first kappa shape index (κ1) is 5.95. The zero-order valence-electron chi connectivity index (χ0n) is 5.28. The lowest BCUT2D eigenvalue weighted by atomic mass is 10.4. The Morgan fingerprint density at radius 3 is 2.89 bits per heavy atom. The molecule has 0 aliphatic carbocycles. The molecule has 0 fully saturated rings. The van der Waals surface area contributed by atoms with Crippen molar-refractivity contribution in [1.82, 2.24) is 4.73 Å². The molecule has 0 atom stereocenters. The second-order valence-corrected chi connectivity index (χ2v) is 1.78. The van der Waals surface area contributed by atoms with Gasteiger partial charge in [0, 0.05) is 6.20 Å². The first-order valence-corrected chi connectivity index (χ1v) is 2.84. The molecule has 0 bridgehead atoms. The minimum Gasteiger partial charge on any atom is -0.428 e. The molecule has 1 rings (SSSR count). The van der Waals surface area contributed by atoms with Crippen LogP contribution in [0.4, 0.5) is 0 Å². The van der Waals surface area contributed by atoms with Crippen LogP contribution in [-0.2, 0) is 0 Å². The highest BCUT2D eigenvalue weighted by Gasteiger charge is 1.89. The highest BCUT2D eigenvalue weighted by molar-refractivity contribution is 5.44. The van der Waals surface area contributed by atoms with Crippen LogP contribution in [0.5, 0.6) is 0 Å². The van der Waals surface area contributed by atoms with Crippen LogP contribution in [-0.4, -0.2) is 9.94 Å². The van der Waals surface area contributed by atoms with Gasteiger partial charge < -0.3 is 5.21 Å². The van der Waals surface area contributed by atoms with Crippen molar-refractivity contribution >= 4 is 6.08 Å². The van der Waals surface area contributed by atoms with Gasteiger partial charge in [0.25, 0.3) is 0 Å². The highest BCUT2D eigenvalue weighted by atomic mass is 16.5. The van der Waals surface area contributed by atoms with E-state index in [2.05, 4.69) is 0 Å². The second-order valence-electron chi connectivity index (χ2n) is 1.78. The fraction of sp³-hybridized carbons (Fsp3) is 0.143. The molecule has 9 heavy (non-hydrogen) atoms. The normalized spacial score (nSPS) is 10.8. The van der Waals surface area contributed by atoms with Crippen molar-refractivity contribution in [1.29, 1.82) is 0 Å². The van der Waals surface area contributed by atoms with Crippen molar-refractivity contribution in [3.05, 3.63) is 30.1 Å². The monoisotopic (exact) mass is 123 g/mol. The second kappa shape index (κ2) is 2.40. The Bertz CT molecular complexity index is 212. The average Bonchev–Trinajstić information content (AvgIpc) is 2.18. The standard InChI is InChI=1S/C7H9NO/c1-2-4-7-5-3-6-8(7)9/h2-6,9H,1H3. The predicted molar refractivity (Wildman–Crippen MR) is 36.3 cm³/mol. The molecule has 1 aromatic heterocycles. The zero-order chi connectivity index (χ0) is 6.69. The molecular weight excluding hydrogens is 114 g/mol. The molecule has 0 aliphatic rings. The third-order valence-corrected chi connectivity index (χ3v) is 1.10. The van der Waals surface area contributed by atoms with Gasteiger partial charge in [-0.2, -0.15) is 4.73 Å². The summed E-state index contributed by atoms with van der Waals surface area (Å²) in [5.41, 5.74) is 0.803. The quantitative estimate of drug-likeness (QED) is 0.565. The van der Waals surface area contributed by atoms with Gasteiger partial charge in [0.15, 0.2) is 0 Å². The molecule has 0 radical (unpaired) electrons. The van der Waals surface area contributed by atoms with Crippen LogP contribution in [0, 0.1) is 0 Å². The Balaban J connectivity index is 2.94. The first-order chi connectivity index (χ1) is 4.34. The number of allylic oxidation sites excluding steroid dienone is 1. The summed E-state index contributed by atoms with van der Waals surface area (Å²) < 4.78 is 1.08. The van der Waals surface area contributed by atoms with Gasteiger partial charge >= 0.3 is 0 Å². The molecule has 0 unspecified atom stereocenters. The Kier molecular flexibility index (Phi) is 1.58. The molecule has 48 valence electrons. The fourth-order valence-corrected chi connectivity index (χ4v) is 0.688. The van der Waals surface area contributed by atoms with Crippen molar-refractivity contribution in [2.24, 2.45) is 0 Å². The van der Waals surface area contributed by atoms with E-state index in [1.807, 2.05) is 25.1 Å². The summed E-state index contributed by atoms with van der Waals surface area (Å²) in [5.74, 6) is 0. The summed E-state index contributed by atoms with van der Waals surface area (Å²) >= 11 is 0. The highest BCUT2D eigenvalue weighted by Crippen LogP contribution is 2.00. The third-order valence-electron chi connectivity index (χ3n) is 1.10. The van der Waals surface area contributed by atoms with Crippen molar-refractivity contribution < 1.29 is 5.21 Å². The SMILES string of the molecule is CC=Cc1cccn1O. The van der Waals surface area contributed by atoms with Gasteiger partial charge in [-0.1, -0.05) is 6.08 Å². The summed E-state index contributed by atoms with van der Waals surface area (Å²) in [5, 5.41) is 8.95. The number of nitrogens with zero attached hydrogens (tertiary/aromatic N) is 1. The van der Waals surface area contributed by atoms with Crippen LogP contribution in [0.1, 0.15) is 12.6 Å². The van der Waals surface area contributed by atoms with Crippen molar-refractivity contribution in [2.45, 2.75) is 6.92 Å². The van der Waals surface area contributed by atoms with E-state index < -0.39 is 0 Å². The van der Waals surface area contributed by atoms with E-state index in [4.69, 9.17) is 5.21 Å². The molecule has 0 saturated carbocycles. The molecule has 1 heterocycles. The Morgan fingerprint density at radius 1 is 1.67 bits per heavy atom. The van der Waals surface area contributed by atoms with Crippen LogP contribution >= 0.6 is 0 Å². The molecule has 1 N–H and O–H groups in total. The maximum Gasteiger partial charge on any atom is 0.0789 e. The van der Waals surface area contributed by atoms with Gasteiger partial charge in [-0.15, -0.1) is 0 Å². The fourth-order valence-electron chi connectivity index (χ4n) is 0.688. The molecular formula is C7H9NO. The zero-order valence-corrected chi connectivity index (χ0v) is 5.28. The minimum atomic E-state index is 0.803. The molecule has 0 spiro atoms. The molecule has 0 aromatic carbocycles. The topological polar surface area (TPSA) is 25.2 Å². The smallest absolute Gasteiger partial charge is 0.0789 e. The summed E-state index contributed by atoms with van der Waals surface area (Å²) in [4.78, 5) is 0. The van der Waals surface area contributed by atoms with Crippen molar-refractivity contribution in [3.63, 3.8) is 0 Å². The molecule has 0 aliphatic heterocycles. The largest absolute Gasteiger partial charge is 0.428 e. The predicted octanol–water partition coefficient (Wildman–Crippen LogP) is 1.76. The van der Waals surface area contributed by atoms with Crippen LogP contribution in [0.15, 0.2) is 24.4 Å². The van der Waals surface area contributed by atoms with Crippen molar-refractivity contribution in [2.75, 3.05) is 0 Å². The third kappa shape index (κ3) is 1.13. The van der Waals surface area contributed by atoms with E-state index in [-0.39, 0.29) is 0 Å². The Hall–Kier alpha value is -1.18. The number of aromatic nitrogens is 1. The lowest BCUT2D eigenvalue weighted by Crippen LogP contribution is -1.88. The van der Waals surface area contributed by atoms with Crippen LogP contribution in [0.25, 0.3) is 6.08 Å². The summed E-state index contributed by atoms with van der Waals surface area (Å²) in [6, 6.07) is 3.62. The van der Waals surface area contributed by atoms with Crippen molar-refractivity contribution in [3.8, 4) is 0 Å². The number of hydrogen-bond acceptors (Lipinski definition) is 1.